The van der Waals surface area contributed by atoms with E-state index in [-0.39, 0.29) is 12.2 Å². The van der Waals surface area contributed by atoms with Gasteiger partial charge in [-0.3, -0.25) is 0 Å². The molecular formula is C22H33ClN2O3. The summed E-state index contributed by atoms with van der Waals surface area (Å²) in [5.74, 6) is 1.27. The summed E-state index contributed by atoms with van der Waals surface area (Å²) in [4.78, 5) is 16.4. The third-order valence-electron chi connectivity index (χ3n) is 5.44. The molecule has 2 aliphatic heterocycles. The first-order valence-electron chi connectivity index (χ1n) is 10.3. The predicted octanol–water partition coefficient (Wildman–Crippen LogP) is 4.93. The lowest BCUT2D eigenvalue weighted by molar-refractivity contribution is 0.0204. The SMILES string of the molecule is CN1CCC[C@H](Oc2cc(Cl)ccc2C2CCN(C(=O)OC(C)(C)C)CC2)C1. The zero-order valence-corrected chi connectivity index (χ0v) is 18.3. The van der Waals surface area contributed by atoms with Crippen molar-refractivity contribution in [3.05, 3.63) is 28.8 Å². The Kier molecular flexibility index (Phi) is 6.77. The molecule has 0 aromatic heterocycles. The molecule has 1 aromatic carbocycles. The Bertz CT molecular complexity index is 681. The number of piperidine rings is 2. The molecule has 0 radical (unpaired) electrons. The number of carbonyl (C=O) groups excluding carboxylic acids is 1. The normalized spacial score (nSPS) is 22.2. The monoisotopic (exact) mass is 408 g/mol. The van der Waals surface area contributed by atoms with Gasteiger partial charge in [0.05, 0.1) is 0 Å². The van der Waals surface area contributed by atoms with Crippen LogP contribution < -0.4 is 4.74 Å². The topological polar surface area (TPSA) is 42.0 Å². The molecule has 0 unspecified atom stereocenters. The van der Waals surface area contributed by atoms with Gasteiger partial charge in [-0.15, -0.1) is 0 Å². The number of rotatable bonds is 3. The number of carbonyl (C=O) groups is 1. The van der Waals surface area contributed by atoms with Gasteiger partial charge < -0.3 is 19.3 Å². The quantitative estimate of drug-likeness (QED) is 0.711. The van der Waals surface area contributed by atoms with Gasteiger partial charge in [0.1, 0.15) is 17.5 Å². The summed E-state index contributed by atoms with van der Waals surface area (Å²) >= 11 is 6.27. The average Bonchev–Trinajstić information content (AvgIpc) is 2.61. The highest BCUT2D eigenvalue weighted by molar-refractivity contribution is 6.30. The Morgan fingerprint density at radius 3 is 2.50 bits per heavy atom. The molecule has 2 fully saturated rings. The van der Waals surface area contributed by atoms with E-state index < -0.39 is 5.60 Å². The molecule has 2 saturated heterocycles. The molecule has 28 heavy (non-hydrogen) atoms. The maximum atomic E-state index is 12.3. The second-order valence-electron chi connectivity index (χ2n) is 9.07. The molecule has 156 valence electrons. The first kappa shape index (κ1) is 21.3. The maximum Gasteiger partial charge on any atom is 0.410 e. The van der Waals surface area contributed by atoms with Crippen molar-refractivity contribution in [1.82, 2.24) is 9.80 Å². The van der Waals surface area contributed by atoms with Crippen molar-refractivity contribution in [2.75, 3.05) is 33.2 Å². The van der Waals surface area contributed by atoms with Crippen LogP contribution in [0.4, 0.5) is 4.79 Å². The van der Waals surface area contributed by atoms with Crippen molar-refractivity contribution in [1.29, 1.82) is 0 Å². The fourth-order valence-electron chi connectivity index (χ4n) is 4.04. The van der Waals surface area contributed by atoms with Crippen LogP contribution in [0.2, 0.25) is 5.02 Å². The van der Waals surface area contributed by atoms with Crippen molar-refractivity contribution in [3.63, 3.8) is 0 Å². The molecule has 2 aliphatic rings. The number of halogens is 1. The van der Waals surface area contributed by atoms with Gasteiger partial charge in [0.15, 0.2) is 0 Å². The minimum atomic E-state index is -0.460. The fourth-order valence-corrected chi connectivity index (χ4v) is 4.20. The van der Waals surface area contributed by atoms with Gasteiger partial charge >= 0.3 is 6.09 Å². The fraction of sp³-hybridized carbons (Fsp3) is 0.682. The standard InChI is InChI=1S/C22H33ClN2O3/c1-22(2,3)28-21(26)25-12-9-16(10-13-25)19-8-7-17(23)14-20(19)27-18-6-5-11-24(4)15-18/h7-8,14,16,18H,5-6,9-13,15H2,1-4H3/t18-/m0/s1. The molecule has 2 heterocycles. The summed E-state index contributed by atoms with van der Waals surface area (Å²) < 4.78 is 11.9. The molecule has 0 spiro atoms. The Hall–Kier alpha value is -1.46. The van der Waals surface area contributed by atoms with Crippen LogP contribution in [-0.4, -0.2) is 60.8 Å². The Balaban J connectivity index is 1.65. The summed E-state index contributed by atoms with van der Waals surface area (Å²) in [6, 6.07) is 5.99. The Morgan fingerprint density at radius 1 is 1.14 bits per heavy atom. The summed E-state index contributed by atoms with van der Waals surface area (Å²) in [6.07, 6.45) is 4.03. The van der Waals surface area contributed by atoms with Crippen LogP contribution in [0.15, 0.2) is 18.2 Å². The van der Waals surface area contributed by atoms with Gasteiger partial charge in [0, 0.05) is 24.7 Å². The number of hydrogen-bond donors (Lipinski definition) is 0. The van der Waals surface area contributed by atoms with Crippen molar-refractivity contribution in [2.24, 2.45) is 0 Å². The van der Waals surface area contributed by atoms with Crippen LogP contribution >= 0.6 is 11.6 Å². The third-order valence-corrected chi connectivity index (χ3v) is 5.67. The highest BCUT2D eigenvalue weighted by Crippen LogP contribution is 2.37. The molecule has 5 nitrogen and oxygen atoms in total. The highest BCUT2D eigenvalue weighted by Gasteiger charge is 2.29. The smallest absolute Gasteiger partial charge is 0.410 e. The van der Waals surface area contributed by atoms with E-state index >= 15 is 0 Å². The summed E-state index contributed by atoms with van der Waals surface area (Å²) in [6.45, 7) is 9.18. The minimum absolute atomic E-state index is 0.206. The largest absolute Gasteiger partial charge is 0.489 e. The Morgan fingerprint density at radius 2 is 1.86 bits per heavy atom. The van der Waals surface area contributed by atoms with Gasteiger partial charge in [-0.2, -0.15) is 0 Å². The molecule has 0 N–H and O–H groups in total. The lowest BCUT2D eigenvalue weighted by Gasteiger charge is -2.35. The number of benzene rings is 1. The second-order valence-corrected chi connectivity index (χ2v) is 9.50. The van der Waals surface area contributed by atoms with Gasteiger partial charge in [0.2, 0.25) is 0 Å². The zero-order valence-electron chi connectivity index (χ0n) is 17.5. The highest BCUT2D eigenvalue weighted by atomic mass is 35.5. The van der Waals surface area contributed by atoms with Crippen LogP contribution in [0.5, 0.6) is 5.75 Å². The van der Waals surface area contributed by atoms with Crippen molar-refractivity contribution in [2.45, 2.75) is 64.1 Å². The van der Waals surface area contributed by atoms with E-state index in [0.717, 1.165) is 44.5 Å². The van der Waals surface area contributed by atoms with Crippen molar-refractivity contribution < 1.29 is 14.3 Å². The number of nitrogens with zero attached hydrogens (tertiary/aromatic N) is 2. The number of ether oxygens (including phenoxy) is 2. The van der Waals surface area contributed by atoms with Gasteiger partial charge in [0.25, 0.3) is 0 Å². The van der Waals surface area contributed by atoms with Crippen LogP contribution in [0.25, 0.3) is 0 Å². The zero-order chi connectivity index (χ0) is 20.3. The summed E-state index contributed by atoms with van der Waals surface area (Å²) in [5.41, 5.74) is 0.750. The Labute approximate surface area is 173 Å². The molecule has 0 aliphatic carbocycles. The second kappa shape index (κ2) is 8.91. The average molecular weight is 409 g/mol. The van der Waals surface area contributed by atoms with Crippen LogP contribution in [0.3, 0.4) is 0 Å². The van der Waals surface area contributed by atoms with Crippen LogP contribution in [-0.2, 0) is 4.74 Å². The van der Waals surface area contributed by atoms with E-state index in [1.165, 1.54) is 5.56 Å². The van der Waals surface area contributed by atoms with E-state index in [0.29, 0.717) is 24.0 Å². The van der Waals surface area contributed by atoms with Crippen molar-refractivity contribution in [3.8, 4) is 5.75 Å². The van der Waals surface area contributed by atoms with Gasteiger partial charge in [-0.25, -0.2) is 4.79 Å². The van der Waals surface area contributed by atoms with E-state index in [1.807, 2.05) is 37.8 Å². The third kappa shape index (κ3) is 5.77. The molecule has 1 aromatic rings. The number of likely N-dealkylation sites (tertiary alicyclic amines) is 2. The summed E-state index contributed by atoms with van der Waals surface area (Å²) in [5, 5.41) is 0.703. The van der Waals surface area contributed by atoms with E-state index in [2.05, 4.69) is 18.0 Å². The lowest BCUT2D eigenvalue weighted by atomic mass is 9.89. The minimum Gasteiger partial charge on any atom is -0.489 e. The maximum absolute atomic E-state index is 12.3. The first-order chi connectivity index (χ1) is 13.2. The first-order valence-corrected chi connectivity index (χ1v) is 10.7. The number of amides is 1. The van der Waals surface area contributed by atoms with Crippen LogP contribution in [0.1, 0.15) is 57.9 Å². The molecule has 6 heteroatoms. The predicted molar refractivity (Wildman–Crippen MR) is 112 cm³/mol. The number of hydrogen-bond acceptors (Lipinski definition) is 4. The van der Waals surface area contributed by atoms with Crippen LogP contribution in [0, 0.1) is 0 Å². The number of likely N-dealkylation sites (N-methyl/N-ethyl adjacent to an activating group) is 1. The van der Waals surface area contributed by atoms with E-state index in [1.54, 1.807) is 0 Å². The molecule has 0 saturated carbocycles. The molecular weight excluding hydrogens is 376 g/mol. The van der Waals surface area contributed by atoms with Gasteiger partial charge in [-0.1, -0.05) is 17.7 Å². The van der Waals surface area contributed by atoms with E-state index in [4.69, 9.17) is 21.1 Å². The summed E-state index contributed by atoms with van der Waals surface area (Å²) in [7, 11) is 2.14. The molecule has 3 rings (SSSR count). The molecule has 1 atom stereocenters. The molecule has 1 amide bonds. The molecule has 0 bridgehead atoms. The van der Waals surface area contributed by atoms with Gasteiger partial charge in [-0.05, 0) is 83.7 Å². The lowest BCUT2D eigenvalue weighted by Crippen LogP contribution is -2.41. The van der Waals surface area contributed by atoms with Crippen molar-refractivity contribution >= 4 is 17.7 Å². The van der Waals surface area contributed by atoms with E-state index in [9.17, 15) is 4.79 Å².